The minimum atomic E-state index is -0.260. The molecule has 1 heterocycles. The SMILES string of the molecule is CC1(C)CN(c2ccc(F)cc2)CC(=O)N1. The fraction of sp³-hybridized carbons (Fsp3) is 0.417. The number of piperazine rings is 1. The van der Waals surface area contributed by atoms with Gasteiger partial charge in [0.2, 0.25) is 5.91 Å². The summed E-state index contributed by atoms with van der Waals surface area (Å²) >= 11 is 0. The number of carbonyl (C=O) groups is 1. The Morgan fingerprint density at radius 2 is 1.94 bits per heavy atom. The van der Waals surface area contributed by atoms with Gasteiger partial charge in [0.1, 0.15) is 5.82 Å². The smallest absolute Gasteiger partial charge is 0.239 e. The lowest BCUT2D eigenvalue weighted by Crippen LogP contribution is -2.60. The second-order valence-electron chi connectivity index (χ2n) is 4.76. The number of hydrogen-bond acceptors (Lipinski definition) is 2. The molecule has 1 aromatic carbocycles. The number of benzene rings is 1. The number of nitrogens with zero attached hydrogens (tertiary/aromatic N) is 1. The van der Waals surface area contributed by atoms with Crippen LogP contribution in [0.5, 0.6) is 0 Å². The molecule has 1 amide bonds. The minimum Gasteiger partial charge on any atom is -0.360 e. The second kappa shape index (κ2) is 3.77. The van der Waals surface area contributed by atoms with Crippen LogP contribution in [-0.2, 0) is 4.79 Å². The van der Waals surface area contributed by atoms with E-state index in [4.69, 9.17) is 0 Å². The average Bonchev–Trinajstić information content (AvgIpc) is 2.15. The average molecular weight is 222 g/mol. The third kappa shape index (κ3) is 2.32. The number of halogens is 1. The number of nitrogens with one attached hydrogen (secondary N) is 1. The van der Waals surface area contributed by atoms with Crippen LogP contribution in [0.25, 0.3) is 0 Å². The minimum absolute atomic E-state index is 0.000532. The van der Waals surface area contributed by atoms with Gasteiger partial charge in [-0.3, -0.25) is 4.79 Å². The molecule has 16 heavy (non-hydrogen) atoms. The predicted molar refractivity (Wildman–Crippen MR) is 60.8 cm³/mol. The summed E-state index contributed by atoms with van der Waals surface area (Å²) < 4.78 is 12.8. The van der Waals surface area contributed by atoms with E-state index < -0.39 is 0 Å². The van der Waals surface area contributed by atoms with E-state index in [-0.39, 0.29) is 17.3 Å². The summed E-state index contributed by atoms with van der Waals surface area (Å²) in [6, 6.07) is 6.22. The Bertz CT molecular complexity index is 400. The van der Waals surface area contributed by atoms with Gasteiger partial charge in [-0.1, -0.05) is 0 Å². The molecule has 1 aliphatic rings. The van der Waals surface area contributed by atoms with E-state index in [1.807, 2.05) is 18.7 Å². The first-order chi connectivity index (χ1) is 7.46. The molecule has 1 saturated heterocycles. The third-order valence-electron chi connectivity index (χ3n) is 2.59. The highest BCUT2D eigenvalue weighted by atomic mass is 19.1. The first kappa shape index (κ1) is 10.9. The zero-order chi connectivity index (χ0) is 11.8. The van der Waals surface area contributed by atoms with E-state index in [0.29, 0.717) is 6.54 Å². The summed E-state index contributed by atoms with van der Waals surface area (Å²) in [4.78, 5) is 13.5. The number of carbonyl (C=O) groups excluding carboxylic acids is 1. The van der Waals surface area contributed by atoms with Gasteiger partial charge in [0.15, 0.2) is 0 Å². The molecule has 0 aliphatic carbocycles. The van der Waals surface area contributed by atoms with Crippen LogP contribution in [0.3, 0.4) is 0 Å². The molecule has 1 fully saturated rings. The van der Waals surface area contributed by atoms with Crippen LogP contribution in [0.15, 0.2) is 24.3 Å². The Labute approximate surface area is 94.3 Å². The van der Waals surface area contributed by atoms with E-state index in [1.54, 1.807) is 12.1 Å². The van der Waals surface area contributed by atoms with Crippen molar-refractivity contribution in [2.45, 2.75) is 19.4 Å². The van der Waals surface area contributed by atoms with Crippen LogP contribution in [0.4, 0.5) is 10.1 Å². The van der Waals surface area contributed by atoms with Crippen molar-refractivity contribution in [3.8, 4) is 0 Å². The summed E-state index contributed by atoms with van der Waals surface area (Å²) in [5, 5.41) is 2.91. The highest BCUT2D eigenvalue weighted by Crippen LogP contribution is 2.20. The molecule has 1 aliphatic heterocycles. The second-order valence-corrected chi connectivity index (χ2v) is 4.76. The van der Waals surface area contributed by atoms with Crippen molar-refractivity contribution < 1.29 is 9.18 Å². The maximum Gasteiger partial charge on any atom is 0.239 e. The van der Waals surface area contributed by atoms with Gasteiger partial charge in [0.25, 0.3) is 0 Å². The van der Waals surface area contributed by atoms with Crippen molar-refractivity contribution in [2.75, 3.05) is 18.0 Å². The van der Waals surface area contributed by atoms with Gasteiger partial charge in [-0.25, -0.2) is 4.39 Å². The number of amides is 1. The van der Waals surface area contributed by atoms with Crippen molar-refractivity contribution in [3.05, 3.63) is 30.1 Å². The highest BCUT2D eigenvalue weighted by Gasteiger charge is 2.30. The van der Waals surface area contributed by atoms with Crippen molar-refractivity contribution in [1.29, 1.82) is 0 Å². The first-order valence-electron chi connectivity index (χ1n) is 5.28. The molecule has 0 bridgehead atoms. The number of hydrogen-bond donors (Lipinski definition) is 1. The Morgan fingerprint density at radius 1 is 1.31 bits per heavy atom. The Kier molecular flexibility index (Phi) is 2.58. The lowest BCUT2D eigenvalue weighted by atomic mass is 10.0. The molecule has 86 valence electrons. The standard InChI is InChI=1S/C12H15FN2O/c1-12(2)8-15(7-11(16)14-12)10-5-3-9(13)4-6-10/h3-6H,7-8H2,1-2H3,(H,14,16). The first-order valence-corrected chi connectivity index (χ1v) is 5.28. The van der Waals surface area contributed by atoms with Gasteiger partial charge in [-0.05, 0) is 38.1 Å². The largest absolute Gasteiger partial charge is 0.360 e. The molecule has 0 spiro atoms. The molecular weight excluding hydrogens is 207 g/mol. The monoisotopic (exact) mass is 222 g/mol. The lowest BCUT2D eigenvalue weighted by Gasteiger charge is -2.39. The summed E-state index contributed by atoms with van der Waals surface area (Å²) in [6.45, 7) is 5.00. The zero-order valence-corrected chi connectivity index (χ0v) is 9.46. The molecule has 1 aromatic rings. The number of rotatable bonds is 1. The maximum atomic E-state index is 12.8. The van der Waals surface area contributed by atoms with Crippen LogP contribution in [0, 0.1) is 5.82 Å². The van der Waals surface area contributed by atoms with Gasteiger partial charge >= 0.3 is 0 Å². The molecule has 0 unspecified atom stereocenters. The topological polar surface area (TPSA) is 32.3 Å². The zero-order valence-electron chi connectivity index (χ0n) is 9.46. The van der Waals surface area contributed by atoms with E-state index in [1.165, 1.54) is 12.1 Å². The van der Waals surface area contributed by atoms with E-state index >= 15 is 0 Å². The molecule has 0 aromatic heterocycles. The van der Waals surface area contributed by atoms with Crippen LogP contribution >= 0.6 is 0 Å². The van der Waals surface area contributed by atoms with Gasteiger partial charge in [0, 0.05) is 12.2 Å². The Morgan fingerprint density at radius 3 is 2.50 bits per heavy atom. The van der Waals surface area contributed by atoms with Crippen molar-refractivity contribution >= 4 is 11.6 Å². The fourth-order valence-corrected chi connectivity index (χ4v) is 2.00. The molecule has 1 N–H and O–H groups in total. The fourth-order valence-electron chi connectivity index (χ4n) is 2.00. The quantitative estimate of drug-likeness (QED) is 0.781. The maximum absolute atomic E-state index is 12.8. The predicted octanol–water partition coefficient (Wildman–Crippen LogP) is 1.54. The van der Waals surface area contributed by atoms with Crippen LogP contribution < -0.4 is 10.2 Å². The van der Waals surface area contributed by atoms with Gasteiger partial charge in [-0.2, -0.15) is 0 Å². The van der Waals surface area contributed by atoms with E-state index in [0.717, 1.165) is 12.2 Å². The molecule has 0 atom stereocenters. The molecule has 2 rings (SSSR count). The van der Waals surface area contributed by atoms with Crippen LogP contribution in [-0.4, -0.2) is 24.5 Å². The summed E-state index contributed by atoms with van der Waals surface area (Å²) in [6.07, 6.45) is 0. The van der Waals surface area contributed by atoms with Crippen LogP contribution in [0.2, 0.25) is 0 Å². The van der Waals surface area contributed by atoms with Crippen molar-refractivity contribution in [1.82, 2.24) is 5.32 Å². The van der Waals surface area contributed by atoms with Crippen molar-refractivity contribution in [3.63, 3.8) is 0 Å². The van der Waals surface area contributed by atoms with Crippen LogP contribution in [0.1, 0.15) is 13.8 Å². The highest BCUT2D eigenvalue weighted by molar-refractivity contribution is 5.83. The third-order valence-corrected chi connectivity index (χ3v) is 2.59. The summed E-state index contributed by atoms with van der Waals surface area (Å²) in [7, 11) is 0. The van der Waals surface area contributed by atoms with E-state index in [2.05, 4.69) is 5.32 Å². The van der Waals surface area contributed by atoms with Gasteiger partial charge < -0.3 is 10.2 Å². The van der Waals surface area contributed by atoms with E-state index in [9.17, 15) is 9.18 Å². The normalized spacial score (nSPS) is 19.4. The Balaban J connectivity index is 2.21. The van der Waals surface area contributed by atoms with Gasteiger partial charge in [-0.15, -0.1) is 0 Å². The molecule has 4 heteroatoms. The molecule has 0 radical (unpaired) electrons. The van der Waals surface area contributed by atoms with Crippen molar-refractivity contribution in [2.24, 2.45) is 0 Å². The molecule has 0 saturated carbocycles. The van der Waals surface area contributed by atoms with Gasteiger partial charge in [0.05, 0.1) is 12.1 Å². The summed E-state index contributed by atoms with van der Waals surface area (Å²) in [5.74, 6) is -0.259. The molecule has 3 nitrogen and oxygen atoms in total. The summed E-state index contributed by atoms with van der Waals surface area (Å²) in [5.41, 5.74) is 0.633. The number of anilines is 1. The lowest BCUT2D eigenvalue weighted by molar-refractivity contribution is -0.122. The molecular formula is C12H15FN2O. The Hall–Kier alpha value is -1.58.